The normalized spacial score (nSPS) is 33.7. The maximum atomic E-state index is 11.6. The van der Waals surface area contributed by atoms with Gasteiger partial charge in [-0.1, -0.05) is 42.4 Å². The lowest BCUT2D eigenvalue weighted by Gasteiger charge is -2.18. The van der Waals surface area contributed by atoms with Crippen LogP contribution in [0.2, 0.25) is 0 Å². The van der Waals surface area contributed by atoms with Gasteiger partial charge in [0.2, 0.25) is 5.91 Å². The fraction of sp³-hybridized carbons (Fsp3) is 0.917. The van der Waals surface area contributed by atoms with E-state index in [2.05, 4.69) is 34.8 Å². The number of alkyl halides is 1. The van der Waals surface area contributed by atoms with Crippen LogP contribution in [0.25, 0.3) is 0 Å². The molecule has 0 saturated heterocycles. The second kappa shape index (κ2) is 6.71. The monoisotopic (exact) mass is 323 g/mol. The van der Waals surface area contributed by atoms with Gasteiger partial charge in [-0.3, -0.25) is 4.79 Å². The molecule has 1 amide bonds. The summed E-state index contributed by atoms with van der Waals surface area (Å²) in [5.74, 6) is 1.27. The van der Waals surface area contributed by atoms with E-state index in [9.17, 15) is 4.79 Å². The van der Waals surface area contributed by atoms with Crippen LogP contribution in [0.15, 0.2) is 0 Å². The number of rotatable bonds is 1. The summed E-state index contributed by atoms with van der Waals surface area (Å²) in [7, 11) is 1.75. The van der Waals surface area contributed by atoms with Gasteiger partial charge in [0, 0.05) is 16.9 Å². The third-order valence-electron chi connectivity index (χ3n) is 3.49. The highest BCUT2D eigenvalue weighted by Crippen LogP contribution is 2.29. The van der Waals surface area contributed by atoms with Crippen LogP contribution in [0.1, 0.15) is 45.4 Å². The van der Waals surface area contributed by atoms with Gasteiger partial charge in [-0.15, -0.1) is 0 Å². The van der Waals surface area contributed by atoms with Crippen molar-refractivity contribution in [3.05, 3.63) is 0 Å². The van der Waals surface area contributed by atoms with Crippen molar-refractivity contribution in [1.29, 1.82) is 0 Å². The summed E-state index contributed by atoms with van der Waals surface area (Å²) in [6.45, 7) is 2.32. The first-order chi connectivity index (χ1) is 7.15. The van der Waals surface area contributed by atoms with E-state index >= 15 is 0 Å². The van der Waals surface area contributed by atoms with Crippen LogP contribution >= 0.6 is 22.6 Å². The van der Waals surface area contributed by atoms with Gasteiger partial charge in [-0.25, -0.2) is 0 Å². The molecular weight excluding hydrogens is 301 g/mol. The number of amides is 1. The van der Waals surface area contributed by atoms with E-state index in [4.69, 9.17) is 0 Å². The molecule has 3 atom stereocenters. The van der Waals surface area contributed by atoms with E-state index in [1.165, 1.54) is 25.7 Å². The fourth-order valence-corrected chi connectivity index (χ4v) is 3.07. The Bertz CT molecular complexity index is 208. The molecule has 15 heavy (non-hydrogen) atoms. The second-order valence-electron chi connectivity index (χ2n) is 4.67. The largest absolute Gasteiger partial charge is 0.359 e. The summed E-state index contributed by atoms with van der Waals surface area (Å²) < 4.78 is 0.797. The van der Waals surface area contributed by atoms with Crippen molar-refractivity contribution in [3.8, 4) is 0 Å². The Morgan fingerprint density at radius 1 is 1.20 bits per heavy atom. The Morgan fingerprint density at radius 2 is 1.87 bits per heavy atom. The molecular formula is C12H22INO. The molecule has 1 fully saturated rings. The molecule has 0 bridgehead atoms. The lowest BCUT2D eigenvalue weighted by molar-refractivity contribution is -0.125. The molecule has 1 aliphatic rings. The molecule has 1 N–H and O–H groups in total. The summed E-state index contributed by atoms with van der Waals surface area (Å²) in [4.78, 5) is 11.6. The number of carbonyl (C=O) groups excluding carboxylic acids is 1. The van der Waals surface area contributed by atoms with Gasteiger partial charge in [-0.2, -0.15) is 0 Å². The van der Waals surface area contributed by atoms with Crippen molar-refractivity contribution in [2.24, 2.45) is 11.8 Å². The predicted molar refractivity (Wildman–Crippen MR) is 72.2 cm³/mol. The molecule has 3 unspecified atom stereocenters. The molecule has 1 rings (SSSR count). The Balaban J connectivity index is 2.51. The molecule has 0 aromatic heterocycles. The molecule has 3 heteroatoms. The van der Waals surface area contributed by atoms with E-state index < -0.39 is 0 Å². The highest BCUT2D eigenvalue weighted by atomic mass is 127. The van der Waals surface area contributed by atoms with E-state index in [-0.39, 0.29) is 11.8 Å². The van der Waals surface area contributed by atoms with E-state index in [1.54, 1.807) is 7.05 Å². The Labute approximate surface area is 107 Å². The molecule has 0 aromatic carbocycles. The van der Waals surface area contributed by atoms with Crippen LogP contribution < -0.4 is 5.32 Å². The van der Waals surface area contributed by atoms with Gasteiger partial charge in [0.15, 0.2) is 0 Å². The van der Waals surface area contributed by atoms with Crippen molar-refractivity contribution >= 4 is 28.5 Å². The molecule has 0 aliphatic heterocycles. The first-order valence-corrected chi connectivity index (χ1v) is 7.25. The van der Waals surface area contributed by atoms with E-state index in [0.29, 0.717) is 0 Å². The van der Waals surface area contributed by atoms with Gasteiger partial charge < -0.3 is 5.32 Å². The third kappa shape index (κ3) is 4.29. The highest BCUT2D eigenvalue weighted by Gasteiger charge is 2.22. The van der Waals surface area contributed by atoms with Crippen molar-refractivity contribution in [3.63, 3.8) is 0 Å². The summed E-state index contributed by atoms with van der Waals surface area (Å²) >= 11 is 2.58. The van der Waals surface area contributed by atoms with Crippen LogP contribution in [0, 0.1) is 11.8 Å². The number of halogens is 1. The maximum Gasteiger partial charge on any atom is 0.222 e. The lowest BCUT2D eigenvalue weighted by Crippen LogP contribution is -2.27. The van der Waals surface area contributed by atoms with Gasteiger partial charge >= 0.3 is 0 Å². The number of nitrogens with one attached hydrogen (secondary N) is 1. The van der Waals surface area contributed by atoms with E-state index in [0.717, 1.165) is 22.7 Å². The Morgan fingerprint density at radius 3 is 2.53 bits per heavy atom. The average Bonchev–Trinajstić information content (AvgIpc) is 2.32. The van der Waals surface area contributed by atoms with Crippen molar-refractivity contribution in [2.45, 2.75) is 49.4 Å². The molecule has 0 heterocycles. The summed E-state index contributed by atoms with van der Waals surface area (Å²) in [5.41, 5.74) is 0. The molecule has 0 aromatic rings. The van der Waals surface area contributed by atoms with Crippen LogP contribution in [0.4, 0.5) is 0 Å². The Kier molecular flexibility index (Phi) is 5.94. The topological polar surface area (TPSA) is 29.1 Å². The maximum absolute atomic E-state index is 11.6. The lowest BCUT2D eigenvalue weighted by atomic mass is 9.93. The van der Waals surface area contributed by atoms with Gasteiger partial charge in [0.25, 0.3) is 0 Å². The average molecular weight is 323 g/mol. The van der Waals surface area contributed by atoms with Crippen molar-refractivity contribution < 1.29 is 4.79 Å². The molecule has 1 aliphatic carbocycles. The molecule has 0 spiro atoms. The zero-order chi connectivity index (χ0) is 11.3. The van der Waals surface area contributed by atoms with Crippen molar-refractivity contribution in [1.82, 2.24) is 5.32 Å². The minimum absolute atomic E-state index is 0.245. The fourth-order valence-electron chi connectivity index (χ4n) is 2.27. The van der Waals surface area contributed by atoms with E-state index in [1.807, 2.05) is 0 Å². The van der Waals surface area contributed by atoms with Crippen LogP contribution in [0.5, 0.6) is 0 Å². The number of hydrogen-bond donors (Lipinski definition) is 1. The first-order valence-electron chi connectivity index (χ1n) is 6.00. The van der Waals surface area contributed by atoms with Gasteiger partial charge in [0.05, 0.1) is 0 Å². The SMILES string of the molecule is CNC(=O)C1CCCCC(I)C(C)CC1. The minimum atomic E-state index is 0.245. The quantitative estimate of drug-likeness (QED) is 0.583. The number of hydrogen-bond acceptors (Lipinski definition) is 1. The van der Waals surface area contributed by atoms with Crippen LogP contribution in [-0.4, -0.2) is 16.9 Å². The second-order valence-corrected chi connectivity index (χ2v) is 6.27. The smallest absolute Gasteiger partial charge is 0.222 e. The summed E-state index contributed by atoms with van der Waals surface area (Å²) in [6.07, 6.45) is 7.17. The standard InChI is InChI=1S/C12H22INO/c1-9-7-8-10(12(15)14-2)5-3-4-6-11(9)13/h9-11H,3-8H2,1-2H3,(H,14,15). The third-order valence-corrected chi connectivity index (χ3v) is 5.34. The Hall–Kier alpha value is 0.200. The van der Waals surface area contributed by atoms with Crippen LogP contribution in [-0.2, 0) is 4.79 Å². The van der Waals surface area contributed by atoms with Crippen LogP contribution in [0.3, 0.4) is 0 Å². The van der Waals surface area contributed by atoms with Crippen molar-refractivity contribution in [2.75, 3.05) is 7.05 Å². The first kappa shape index (κ1) is 13.3. The summed E-state index contributed by atoms with van der Waals surface area (Å²) in [6, 6.07) is 0. The molecule has 2 nitrogen and oxygen atoms in total. The molecule has 0 radical (unpaired) electrons. The van der Waals surface area contributed by atoms with Gasteiger partial charge in [0.1, 0.15) is 0 Å². The number of carbonyl (C=O) groups is 1. The van der Waals surface area contributed by atoms with Gasteiger partial charge in [-0.05, 0) is 31.6 Å². The zero-order valence-corrected chi connectivity index (χ0v) is 11.9. The molecule has 1 saturated carbocycles. The highest BCUT2D eigenvalue weighted by molar-refractivity contribution is 14.1. The zero-order valence-electron chi connectivity index (χ0n) is 9.76. The predicted octanol–water partition coefficient (Wildman–Crippen LogP) is 3.14. The summed E-state index contributed by atoms with van der Waals surface area (Å²) in [5, 5.41) is 2.79. The molecule has 88 valence electrons. The minimum Gasteiger partial charge on any atom is -0.359 e.